The fourth-order valence-electron chi connectivity index (χ4n) is 3.87. The molecule has 4 N–H and O–H groups in total. The lowest BCUT2D eigenvalue weighted by Crippen LogP contribution is -1.93. The molecule has 0 aliphatic carbocycles. The van der Waals surface area contributed by atoms with Crippen LogP contribution in [0.2, 0.25) is 0 Å². The highest BCUT2D eigenvalue weighted by molar-refractivity contribution is 5.97. The molecule has 3 heterocycles. The Bertz CT molecular complexity index is 1570. The zero-order chi connectivity index (χ0) is 22.9. The van der Waals surface area contributed by atoms with E-state index in [2.05, 4.69) is 31.7 Å². The van der Waals surface area contributed by atoms with Crippen molar-refractivity contribution in [3.8, 4) is 22.6 Å². The lowest BCUT2D eigenvalue weighted by Gasteiger charge is -2.04. The molecule has 7 heteroatoms. The Morgan fingerprint density at radius 2 is 2.03 bits per heavy atom. The van der Waals surface area contributed by atoms with E-state index in [4.69, 9.17) is 5.73 Å². The minimum Gasteiger partial charge on any atom is -0.399 e. The number of fused-ring (bicyclic) bond motifs is 2. The van der Waals surface area contributed by atoms with E-state index < -0.39 is 0 Å². The zero-order valence-electron chi connectivity index (χ0n) is 17.9. The number of nitrogens with one attached hydrogen (secondary N) is 2. The predicted octanol–water partition coefficient (Wildman–Crippen LogP) is 5.74. The molecular formula is C26H21FN6. The number of allylic oxidation sites excluding steroid dienone is 4. The van der Waals surface area contributed by atoms with E-state index in [0.717, 1.165) is 38.7 Å². The second kappa shape index (κ2) is 8.20. The molecule has 0 fully saturated rings. The van der Waals surface area contributed by atoms with Crippen LogP contribution in [0.15, 0.2) is 85.2 Å². The van der Waals surface area contributed by atoms with Gasteiger partial charge in [0.15, 0.2) is 11.5 Å². The third-order valence-electron chi connectivity index (χ3n) is 5.52. The molecule has 0 atom stereocenters. The third-order valence-corrected chi connectivity index (χ3v) is 5.52. The highest BCUT2D eigenvalue weighted by Gasteiger charge is 2.16. The van der Waals surface area contributed by atoms with Gasteiger partial charge in [0.1, 0.15) is 11.5 Å². The predicted molar refractivity (Wildman–Crippen MR) is 130 cm³/mol. The number of benzene rings is 2. The highest BCUT2D eigenvalue weighted by Crippen LogP contribution is 2.32. The van der Waals surface area contributed by atoms with E-state index in [1.165, 1.54) is 12.1 Å². The van der Waals surface area contributed by atoms with Crippen molar-refractivity contribution >= 4 is 27.6 Å². The van der Waals surface area contributed by atoms with Crippen molar-refractivity contribution in [3.63, 3.8) is 0 Å². The standard InChI is InChI=1S/C26H21FN6/c1-3-15(13-19(28)4-2)16-8-9-22-21(14-16)24(33-32-22)26-30-23-20(10-11-29-25(23)31-26)17-6-5-7-18(27)12-17/h3-14H,2,28H2,1H3,(H,32,33)(H,29,30,31)/b15-3+,19-13+. The summed E-state index contributed by atoms with van der Waals surface area (Å²) in [6.07, 6.45) is 7.16. The molecule has 2 aromatic carbocycles. The molecule has 0 unspecified atom stereocenters. The van der Waals surface area contributed by atoms with Crippen LogP contribution in [0.25, 0.3) is 50.3 Å². The minimum absolute atomic E-state index is 0.297. The van der Waals surface area contributed by atoms with Gasteiger partial charge < -0.3 is 10.7 Å². The summed E-state index contributed by atoms with van der Waals surface area (Å²) in [5.41, 5.74) is 12.9. The molecule has 0 radical (unpaired) electrons. The average molecular weight is 436 g/mol. The topological polar surface area (TPSA) is 96.3 Å². The number of nitrogens with zero attached hydrogens (tertiary/aromatic N) is 3. The Kier molecular flexibility index (Phi) is 5.06. The lowest BCUT2D eigenvalue weighted by atomic mass is 10.0. The number of aromatic amines is 2. The van der Waals surface area contributed by atoms with Crippen LogP contribution in [0.4, 0.5) is 4.39 Å². The van der Waals surface area contributed by atoms with E-state index in [1.54, 1.807) is 18.3 Å². The number of hydrogen-bond donors (Lipinski definition) is 3. The van der Waals surface area contributed by atoms with Gasteiger partial charge in [-0.1, -0.05) is 30.9 Å². The van der Waals surface area contributed by atoms with Crippen LogP contribution in [0.5, 0.6) is 0 Å². The highest BCUT2D eigenvalue weighted by atomic mass is 19.1. The first kappa shape index (κ1) is 20.4. The number of aromatic nitrogens is 5. The summed E-state index contributed by atoms with van der Waals surface area (Å²) in [7, 11) is 0. The maximum atomic E-state index is 13.8. The van der Waals surface area contributed by atoms with E-state index in [1.807, 2.05) is 49.4 Å². The molecule has 33 heavy (non-hydrogen) atoms. The molecule has 0 aliphatic heterocycles. The summed E-state index contributed by atoms with van der Waals surface area (Å²) in [4.78, 5) is 12.4. The van der Waals surface area contributed by atoms with Crippen molar-refractivity contribution in [3.05, 3.63) is 96.6 Å². The van der Waals surface area contributed by atoms with Gasteiger partial charge in [-0.3, -0.25) is 5.10 Å². The fourth-order valence-corrected chi connectivity index (χ4v) is 3.87. The molecule has 0 amide bonds. The third kappa shape index (κ3) is 3.70. The smallest absolute Gasteiger partial charge is 0.178 e. The van der Waals surface area contributed by atoms with Gasteiger partial charge in [-0.05, 0) is 66.1 Å². The van der Waals surface area contributed by atoms with Crippen molar-refractivity contribution in [2.75, 3.05) is 0 Å². The molecular weight excluding hydrogens is 415 g/mol. The average Bonchev–Trinajstić information content (AvgIpc) is 3.45. The van der Waals surface area contributed by atoms with Crippen LogP contribution < -0.4 is 5.73 Å². The first-order valence-corrected chi connectivity index (χ1v) is 10.4. The van der Waals surface area contributed by atoms with Crippen LogP contribution in [0.3, 0.4) is 0 Å². The molecule has 5 aromatic rings. The van der Waals surface area contributed by atoms with Crippen LogP contribution in [-0.4, -0.2) is 25.1 Å². The van der Waals surface area contributed by atoms with Crippen LogP contribution in [-0.2, 0) is 0 Å². The summed E-state index contributed by atoms with van der Waals surface area (Å²) >= 11 is 0. The van der Waals surface area contributed by atoms with Crippen molar-refractivity contribution in [1.82, 2.24) is 25.1 Å². The number of H-pyrrole nitrogens is 2. The molecule has 5 rings (SSSR count). The summed E-state index contributed by atoms with van der Waals surface area (Å²) in [6, 6.07) is 14.3. The number of halogens is 1. The van der Waals surface area contributed by atoms with Crippen LogP contribution >= 0.6 is 0 Å². The Morgan fingerprint density at radius 1 is 1.15 bits per heavy atom. The van der Waals surface area contributed by atoms with Crippen LogP contribution in [0.1, 0.15) is 12.5 Å². The molecule has 6 nitrogen and oxygen atoms in total. The Hall–Kier alpha value is -4.52. The van der Waals surface area contributed by atoms with Gasteiger partial charge in [-0.25, -0.2) is 14.4 Å². The Morgan fingerprint density at radius 3 is 2.82 bits per heavy atom. The lowest BCUT2D eigenvalue weighted by molar-refractivity contribution is 0.628. The number of hydrogen-bond acceptors (Lipinski definition) is 4. The Balaban J connectivity index is 1.64. The van der Waals surface area contributed by atoms with Gasteiger partial charge in [-0.2, -0.15) is 5.10 Å². The normalized spacial score (nSPS) is 12.5. The van der Waals surface area contributed by atoms with Gasteiger partial charge in [0, 0.05) is 22.8 Å². The van der Waals surface area contributed by atoms with E-state index in [0.29, 0.717) is 22.9 Å². The molecule has 0 bridgehead atoms. The van der Waals surface area contributed by atoms with Gasteiger partial charge in [-0.15, -0.1) is 0 Å². The monoisotopic (exact) mass is 436 g/mol. The summed E-state index contributed by atoms with van der Waals surface area (Å²) in [5, 5.41) is 8.47. The number of imidazole rings is 1. The molecule has 0 spiro atoms. The van der Waals surface area contributed by atoms with Crippen molar-refractivity contribution in [1.29, 1.82) is 0 Å². The SMILES string of the molecule is C=C/C(N)=C\C(=C/C)c1ccc2[nH]nc(-c3nc4nccc(-c5cccc(F)c5)c4[nH]3)c2c1. The summed E-state index contributed by atoms with van der Waals surface area (Å²) in [6.45, 7) is 5.68. The molecule has 0 aliphatic rings. The van der Waals surface area contributed by atoms with Gasteiger partial charge in [0.05, 0.1) is 11.0 Å². The van der Waals surface area contributed by atoms with E-state index in [9.17, 15) is 4.39 Å². The van der Waals surface area contributed by atoms with E-state index in [-0.39, 0.29) is 5.82 Å². The quantitative estimate of drug-likeness (QED) is 0.306. The molecule has 0 saturated heterocycles. The summed E-state index contributed by atoms with van der Waals surface area (Å²) in [5.74, 6) is 0.280. The number of rotatable bonds is 5. The summed E-state index contributed by atoms with van der Waals surface area (Å²) < 4.78 is 13.8. The fraction of sp³-hybridized carbons (Fsp3) is 0.0385. The van der Waals surface area contributed by atoms with Gasteiger partial charge in [0.25, 0.3) is 0 Å². The number of nitrogens with two attached hydrogens (primary N) is 1. The van der Waals surface area contributed by atoms with Crippen molar-refractivity contribution in [2.24, 2.45) is 5.73 Å². The van der Waals surface area contributed by atoms with Crippen molar-refractivity contribution in [2.45, 2.75) is 6.92 Å². The zero-order valence-corrected chi connectivity index (χ0v) is 17.9. The van der Waals surface area contributed by atoms with Gasteiger partial charge in [0.2, 0.25) is 0 Å². The largest absolute Gasteiger partial charge is 0.399 e. The number of pyridine rings is 1. The Labute approximate surface area is 189 Å². The minimum atomic E-state index is -0.297. The molecule has 3 aromatic heterocycles. The molecule has 0 saturated carbocycles. The maximum Gasteiger partial charge on any atom is 0.178 e. The first-order chi connectivity index (χ1) is 16.1. The second-order valence-electron chi connectivity index (χ2n) is 7.58. The van der Waals surface area contributed by atoms with Crippen molar-refractivity contribution < 1.29 is 4.39 Å². The van der Waals surface area contributed by atoms with Crippen LogP contribution in [0, 0.1) is 5.82 Å². The molecule has 162 valence electrons. The maximum absolute atomic E-state index is 13.8. The van der Waals surface area contributed by atoms with Gasteiger partial charge >= 0.3 is 0 Å². The second-order valence-corrected chi connectivity index (χ2v) is 7.58. The first-order valence-electron chi connectivity index (χ1n) is 10.4. The van der Waals surface area contributed by atoms with E-state index >= 15 is 0 Å².